The second kappa shape index (κ2) is 8.94. The highest BCUT2D eigenvalue weighted by Crippen LogP contribution is 2.42. The molecule has 0 amide bonds. The molecule has 0 saturated carbocycles. The van der Waals surface area contributed by atoms with Crippen LogP contribution in [-0.4, -0.2) is 41.1 Å². The third kappa shape index (κ3) is 4.40. The molecule has 2 aliphatic heterocycles. The average Bonchev–Trinajstić information content (AvgIpc) is 3.26. The molecule has 2 fully saturated rings. The van der Waals surface area contributed by atoms with Gasteiger partial charge in [0.25, 0.3) is 0 Å². The molecular formula is C24H35N3O3S. The number of sulfonamides is 1. The fourth-order valence-electron chi connectivity index (χ4n) is 5.14. The normalized spacial score (nSPS) is 24.1. The molecule has 0 radical (unpaired) electrons. The predicted molar refractivity (Wildman–Crippen MR) is 122 cm³/mol. The topological polar surface area (TPSA) is 75.3 Å². The molecule has 4 rings (SSSR count). The van der Waals surface area contributed by atoms with Gasteiger partial charge in [-0.05, 0) is 56.2 Å². The molecule has 170 valence electrons. The second-order valence-electron chi connectivity index (χ2n) is 9.40. The summed E-state index contributed by atoms with van der Waals surface area (Å²) in [6, 6.07) is 8.39. The van der Waals surface area contributed by atoms with Gasteiger partial charge in [0.2, 0.25) is 10.0 Å². The van der Waals surface area contributed by atoms with Gasteiger partial charge in [-0.2, -0.15) is 9.40 Å². The second-order valence-corrected chi connectivity index (χ2v) is 11.2. The number of aromatic nitrogens is 2. The molecule has 2 atom stereocenters. The SMILES string of the molecule is CCCCc1ccc(OC2CC3CCC(C2)N3S(=O)(=O)c2c(C(C)C)n[nH]c2C)cc1. The Morgan fingerprint density at radius 3 is 2.39 bits per heavy atom. The maximum absolute atomic E-state index is 13.7. The van der Waals surface area contributed by atoms with E-state index >= 15 is 0 Å². The van der Waals surface area contributed by atoms with Crippen LogP contribution in [-0.2, 0) is 16.4 Å². The summed E-state index contributed by atoms with van der Waals surface area (Å²) in [7, 11) is -3.59. The number of nitrogens with one attached hydrogen (secondary N) is 1. The van der Waals surface area contributed by atoms with E-state index in [2.05, 4.69) is 41.4 Å². The number of ether oxygens (including phenoxy) is 1. The monoisotopic (exact) mass is 445 g/mol. The molecule has 1 aromatic heterocycles. The van der Waals surface area contributed by atoms with Crippen molar-refractivity contribution in [3.8, 4) is 5.75 Å². The van der Waals surface area contributed by atoms with E-state index in [1.54, 1.807) is 11.2 Å². The van der Waals surface area contributed by atoms with E-state index in [0.29, 0.717) is 16.3 Å². The van der Waals surface area contributed by atoms with Crippen molar-refractivity contribution in [2.75, 3.05) is 0 Å². The Bertz CT molecular complexity index is 984. The standard InChI is InChI=1S/C24H35N3O3S/c1-5-6-7-18-8-12-21(13-9-18)30-22-14-19-10-11-20(15-22)27(19)31(28,29)24-17(4)25-26-23(24)16(2)3/h8-9,12-13,16,19-20,22H,5-7,10-11,14-15H2,1-4H3,(H,25,26). The number of benzene rings is 1. The smallest absolute Gasteiger partial charge is 0.247 e. The van der Waals surface area contributed by atoms with Crippen LogP contribution in [0.2, 0.25) is 0 Å². The Labute approximate surface area is 186 Å². The lowest BCUT2D eigenvalue weighted by molar-refractivity contribution is 0.0956. The van der Waals surface area contributed by atoms with E-state index in [-0.39, 0.29) is 24.1 Å². The zero-order valence-electron chi connectivity index (χ0n) is 19.1. The van der Waals surface area contributed by atoms with Crippen molar-refractivity contribution in [2.24, 2.45) is 0 Å². The van der Waals surface area contributed by atoms with Gasteiger partial charge in [-0.1, -0.05) is 39.3 Å². The number of hydrogen-bond acceptors (Lipinski definition) is 4. The minimum absolute atomic E-state index is 0.00751. The van der Waals surface area contributed by atoms with Crippen molar-refractivity contribution in [1.29, 1.82) is 0 Å². The highest BCUT2D eigenvalue weighted by Gasteiger charge is 2.49. The third-order valence-corrected chi connectivity index (χ3v) is 8.85. The van der Waals surface area contributed by atoms with E-state index in [1.165, 1.54) is 18.4 Å². The zero-order chi connectivity index (χ0) is 22.2. The molecule has 31 heavy (non-hydrogen) atoms. The number of unbranched alkanes of at least 4 members (excludes halogenated alkanes) is 1. The minimum Gasteiger partial charge on any atom is -0.490 e. The summed E-state index contributed by atoms with van der Waals surface area (Å²) in [4.78, 5) is 0.376. The number of piperidine rings is 1. The Hall–Kier alpha value is -1.86. The Balaban J connectivity index is 1.48. The number of rotatable bonds is 8. The fraction of sp³-hybridized carbons (Fsp3) is 0.625. The Kier molecular flexibility index (Phi) is 6.44. The Morgan fingerprint density at radius 1 is 1.16 bits per heavy atom. The molecule has 2 aromatic rings. The zero-order valence-corrected chi connectivity index (χ0v) is 19.9. The molecule has 0 spiro atoms. The summed E-state index contributed by atoms with van der Waals surface area (Å²) in [6.45, 7) is 7.97. The van der Waals surface area contributed by atoms with E-state index < -0.39 is 10.0 Å². The molecular weight excluding hydrogens is 410 g/mol. The van der Waals surface area contributed by atoms with Crippen molar-refractivity contribution in [2.45, 2.75) is 102 Å². The number of aryl methyl sites for hydroxylation is 2. The largest absolute Gasteiger partial charge is 0.490 e. The highest BCUT2D eigenvalue weighted by molar-refractivity contribution is 7.89. The maximum Gasteiger partial charge on any atom is 0.247 e. The maximum atomic E-state index is 13.7. The quantitative estimate of drug-likeness (QED) is 0.624. The fourth-order valence-corrected chi connectivity index (χ4v) is 7.50. The van der Waals surface area contributed by atoms with Crippen molar-refractivity contribution < 1.29 is 13.2 Å². The first-order valence-electron chi connectivity index (χ1n) is 11.6. The summed E-state index contributed by atoms with van der Waals surface area (Å²) in [5.41, 5.74) is 2.61. The van der Waals surface area contributed by atoms with E-state index in [1.807, 2.05) is 13.8 Å². The number of aromatic amines is 1. The average molecular weight is 446 g/mol. The number of nitrogens with zero attached hydrogens (tertiary/aromatic N) is 2. The summed E-state index contributed by atoms with van der Waals surface area (Å²) >= 11 is 0. The summed E-state index contributed by atoms with van der Waals surface area (Å²) in [6.07, 6.45) is 6.82. The lowest BCUT2D eigenvalue weighted by Gasteiger charge is -2.38. The van der Waals surface area contributed by atoms with Crippen LogP contribution in [0.5, 0.6) is 5.75 Å². The van der Waals surface area contributed by atoms with Crippen LogP contribution in [0.15, 0.2) is 29.2 Å². The van der Waals surface area contributed by atoms with E-state index in [4.69, 9.17) is 4.74 Å². The van der Waals surface area contributed by atoms with Crippen molar-refractivity contribution in [3.63, 3.8) is 0 Å². The van der Waals surface area contributed by atoms with Crippen LogP contribution in [0, 0.1) is 6.92 Å². The molecule has 3 heterocycles. The molecule has 2 bridgehead atoms. The van der Waals surface area contributed by atoms with Gasteiger partial charge in [0, 0.05) is 24.9 Å². The highest BCUT2D eigenvalue weighted by atomic mass is 32.2. The van der Waals surface area contributed by atoms with E-state index in [9.17, 15) is 8.42 Å². The minimum atomic E-state index is -3.59. The van der Waals surface area contributed by atoms with Gasteiger partial charge in [0.15, 0.2) is 0 Å². The molecule has 7 heteroatoms. The number of H-pyrrole nitrogens is 1. The first kappa shape index (κ1) is 22.3. The molecule has 1 N–H and O–H groups in total. The predicted octanol–water partition coefficient (Wildman–Crippen LogP) is 4.95. The first-order chi connectivity index (χ1) is 14.8. The summed E-state index contributed by atoms with van der Waals surface area (Å²) in [5, 5.41) is 7.18. The van der Waals surface area contributed by atoms with Crippen LogP contribution in [0.4, 0.5) is 0 Å². The van der Waals surface area contributed by atoms with Gasteiger partial charge in [-0.3, -0.25) is 5.10 Å². The van der Waals surface area contributed by atoms with Crippen molar-refractivity contribution in [1.82, 2.24) is 14.5 Å². The van der Waals surface area contributed by atoms with Gasteiger partial charge in [-0.15, -0.1) is 0 Å². The molecule has 2 saturated heterocycles. The van der Waals surface area contributed by atoms with Crippen LogP contribution in [0.3, 0.4) is 0 Å². The summed E-state index contributed by atoms with van der Waals surface area (Å²) in [5.74, 6) is 0.933. The molecule has 0 aliphatic carbocycles. The number of fused-ring (bicyclic) bond motifs is 2. The molecule has 1 aromatic carbocycles. The molecule has 2 aliphatic rings. The van der Waals surface area contributed by atoms with Crippen LogP contribution in [0.1, 0.15) is 82.2 Å². The van der Waals surface area contributed by atoms with Gasteiger partial charge in [-0.25, -0.2) is 8.42 Å². The lowest BCUT2D eigenvalue weighted by Crippen LogP contribution is -2.49. The Morgan fingerprint density at radius 2 is 1.81 bits per heavy atom. The van der Waals surface area contributed by atoms with Gasteiger partial charge in [0.1, 0.15) is 16.7 Å². The molecule has 6 nitrogen and oxygen atoms in total. The van der Waals surface area contributed by atoms with Crippen molar-refractivity contribution in [3.05, 3.63) is 41.2 Å². The number of hydrogen-bond donors (Lipinski definition) is 1. The van der Waals surface area contributed by atoms with E-state index in [0.717, 1.165) is 37.9 Å². The summed E-state index contributed by atoms with van der Waals surface area (Å²) < 4.78 is 35.4. The van der Waals surface area contributed by atoms with Crippen LogP contribution >= 0.6 is 0 Å². The van der Waals surface area contributed by atoms with Gasteiger partial charge in [0.05, 0.1) is 11.4 Å². The van der Waals surface area contributed by atoms with Crippen LogP contribution in [0.25, 0.3) is 0 Å². The van der Waals surface area contributed by atoms with Gasteiger partial charge >= 0.3 is 0 Å². The van der Waals surface area contributed by atoms with Crippen molar-refractivity contribution >= 4 is 10.0 Å². The third-order valence-electron chi connectivity index (χ3n) is 6.67. The van der Waals surface area contributed by atoms with Crippen LogP contribution < -0.4 is 4.74 Å². The lowest BCUT2D eigenvalue weighted by atomic mass is 10.0. The first-order valence-corrected chi connectivity index (χ1v) is 13.1. The molecule has 2 unspecified atom stereocenters. The van der Waals surface area contributed by atoms with Gasteiger partial charge < -0.3 is 4.74 Å².